The molecule has 0 atom stereocenters. The monoisotopic (exact) mass is 292 g/mol. The van der Waals surface area contributed by atoms with Gasteiger partial charge in [0.25, 0.3) is 5.91 Å². The van der Waals surface area contributed by atoms with Crippen LogP contribution in [0, 0.1) is 0 Å². The Morgan fingerprint density at radius 2 is 2.30 bits per heavy atom. The molecular weight excluding hydrogens is 276 g/mol. The molecule has 3 N–H and O–H groups in total. The lowest BCUT2D eigenvalue weighted by Gasteiger charge is -2.11. The third-order valence-corrected chi connectivity index (χ3v) is 3.03. The molecule has 1 aromatic heterocycles. The Hall–Kier alpha value is -2.01. The molecule has 0 aliphatic rings. The van der Waals surface area contributed by atoms with Gasteiger partial charge in [0.15, 0.2) is 0 Å². The van der Waals surface area contributed by atoms with E-state index < -0.39 is 0 Å². The number of carbonyl (C=O) groups is 1. The molecule has 0 saturated carbocycles. The van der Waals surface area contributed by atoms with Crippen molar-refractivity contribution in [3.8, 4) is 0 Å². The molecule has 6 heteroatoms. The Kier molecular flexibility index (Phi) is 5.01. The fraction of sp³-hybridized carbons (Fsp3) is 0.286. The van der Waals surface area contributed by atoms with Crippen LogP contribution < -0.4 is 10.6 Å². The minimum absolute atomic E-state index is 0.144. The van der Waals surface area contributed by atoms with Gasteiger partial charge in [0.1, 0.15) is 5.82 Å². The maximum atomic E-state index is 12.2. The first kappa shape index (κ1) is 14.4. The third kappa shape index (κ3) is 3.74. The van der Waals surface area contributed by atoms with Gasteiger partial charge in [0.05, 0.1) is 5.56 Å². The zero-order valence-electron chi connectivity index (χ0n) is 11.2. The number of anilines is 1. The van der Waals surface area contributed by atoms with E-state index in [-0.39, 0.29) is 5.91 Å². The third-order valence-electron chi connectivity index (χ3n) is 2.80. The van der Waals surface area contributed by atoms with E-state index in [0.717, 1.165) is 18.1 Å². The van der Waals surface area contributed by atoms with Crippen LogP contribution in [0.15, 0.2) is 30.6 Å². The molecule has 1 amide bonds. The summed E-state index contributed by atoms with van der Waals surface area (Å²) in [5.74, 6) is 0.707. The molecule has 0 bridgehead atoms. The molecule has 0 radical (unpaired) electrons. The van der Waals surface area contributed by atoms with Crippen molar-refractivity contribution in [1.82, 2.24) is 15.3 Å². The Balaban J connectivity index is 1.99. The van der Waals surface area contributed by atoms with Crippen LogP contribution in [0.5, 0.6) is 0 Å². The predicted molar refractivity (Wildman–Crippen MR) is 80.2 cm³/mol. The van der Waals surface area contributed by atoms with Gasteiger partial charge in [-0.1, -0.05) is 11.6 Å². The molecule has 0 aliphatic carbocycles. The lowest BCUT2D eigenvalue weighted by Crippen LogP contribution is -2.26. The van der Waals surface area contributed by atoms with Crippen LogP contribution in [0.3, 0.4) is 0 Å². The molecule has 2 aromatic rings. The summed E-state index contributed by atoms with van der Waals surface area (Å²) in [4.78, 5) is 19.3. The number of imidazole rings is 1. The number of hydrogen-bond donors (Lipinski definition) is 3. The largest absolute Gasteiger partial charge is 0.385 e. The van der Waals surface area contributed by atoms with Crippen molar-refractivity contribution in [2.45, 2.75) is 13.3 Å². The second-order valence-corrected chi connectivity index (χ2v) is 4.70. The molecule has 1 heterocycles. The number of rotatable bonds is 6. The molecule has 0 aliphatic heterocycles. The number of amides is 1. The lowest BCUT2D eigenvalue weighted by atomic mass is 10.1. The molecule has 0 spiro atoms. The lowest BCUT2D eigenvalue weighted by molar-refractivity contribution is 0.0955. The van der Waals surface area contributed by atoms with E-state index in [1.54, 1.807) is 24.5 Å². The van der Waals surface area contributed by atoms with Gasteiger partial charge in [0.2, 0.25) is 0 Å². The molecule has 0 fully saturated rings. The smallest absolute Gasteiger partial charge is 0.253 e. The van der Waals surface area contributed by atoms with Crippen molar-refractivity contribution in [3.63, 3.8) is 0 Å². The number of nitrogens with one attached hydrogen (secondary N) is 3. The molecule has 0 saturated heterocycles. The summed E-state index contributed by atoms with van der Waals surface area (Å²) < 4.78 is 0. The second kappa shape index (κ2) is 6.96. The highest BCUT2D eigenvalue weighted by Gasteiger charge is 2.11. The minimum Gasteiger partial charge on any atom is -0.385 e. The van der Waals surface area contributed by atoms with Gasteiger partial charge in [0, 0.05) is 42.6 Å². The predicted octanol–water partition coefficient (Wildman–Crippen LogP) is 2.47. The number of nitrogens with zero attached hydrogens (tertiary/aromatic N) is 1. The molecule has 2 rings (SSSR count). The summed E-state index contributed by atoms with van der Waals surface area (Å²) in [5, 5.41) is 6.56. The van der Waals surface area contributed by atoms with Crippen molar-refractivity contribution in [1.29, 1.82) is 0 Å². The molecule has 1 aromatic carbocycles. The molecular formula is C14H17ClN4O. The normalized spacial score (nSPS) is 10.3. The zero-order chi connectivity index (χ0) is 14.4. The van der Waals surface area contributed by atoms with Crippen LogP contribution in [-0.2, 0) is 6.42 Å². The van der Waals surface area contributed by atoms with E-state index >= 15 is 0 Å². The van der Waals surface area contributed by atoms with Crippen molar-refractivity contribution >= 4 is 23.2 Å². The van der Waals surface area contributed by atoms with Gasteiger partial charge in [-0.05, 0) is 25.1 Å². The van der Waals surface area contributed by atoms with E-state index in [4.69, 9.17) is 11.6 Å². The summed E-state index contributed by atoms with van der Waals surface area (Å²) in [6.45, 7) is 3.24. The summed E-state index contributed by atoms with van der Waals surface area (Å²) in [5.41, 5.74) is 1.34. The fourth-order valence-corrected chi connectivity index (χ4v) is 2.05. The van der Waals surface area contributed by atoms with Crippen LogP contribution in [0.1, 0.15) is 23.1 Å². The van der Waals surface area contributed by atoms with Crippen LogP contribution in [0.2, 0.25) is 5.02 Å². The van der Waals surface area contributed by atoms with Crippen molar-refractivity contribution in [2.24, 2.45) is 0 Å². The average molecular weight is 293 g/mol. The minimum atomic E-state index is -0.144. The highest BCUT2D eigenvalue weighted by atomic mass is 35.5. The molecule has 20 heavy (non-hydrogen) atoms. The van der Waals surface area contributed by atoms with Gasteiger partial charge >= 0.3 is 0 Å². The van der Waals surface area contributed by atoms with Crippen LogP contribution in [0.4, 0.5) is 5.69 Å². The number of halogens is 1. The van der Waals surface area contributed by atoms with Crippen molar-refractivity contribution in [2.75, 3.05) is 18.4 Å². The summed E-state index contributed by atoms with van der Waals surface area (Å²) in [7, 11) is 0. The van der Waals surface area contributed by atoms with Gasteiger partial charge in [-0.25, -0.2) is 4.98 Å². The first-order valence-electron chi connectivity index (χ1n) is 6.50. The topological polar surface area (TPSA) is 69.8 Å². The van der Waals surface area contributed by atoms with Gasteiger partial charge in [-0.15, -0.1) is 0 Å². The number of aromatic amines is 1. The number of carbonyl (C=O) groups excluding carboxylic acids is 1. The Labute approximate surface area is 122 Å². The van der Waals surface area contributed by atoms with E-state index in [2.05, 4.69) is 20.6 Å². The number of benzene rings is 1. The van der Waals surface area contributed by atoms with Gasteiger partial charge in [-0.2, -0.15) is 0 Å². The first-order chi connectivity index (χ1) is 9.70. The maximum absolute atomic E-state index is 12.2. The van der Waals surface area contributed by atoms with E-state index in [0.29, 0.717) is 23.6 Å². The van der Waals surface area contributed by atoms with Crippen LogP contribution in [0.25, 0.3) is 0 Å². The number of H-pyrrole nitrogens is 1. The Morgan fingerprint density at radius 1 is 1.45 bits per heavy atom. The maximum Gasteiger partial charge on any atom is 0.253 e. The highest BCUT2D eigenvalue weighted by molar-refractivity contribution is 6.31. The van der Waals surface area contributed by atoms with Gasteiger partial charge in [-0.3, -0.25) is 4.79 Å². The highest BCUT2D eigenvalue weighted by Crippen LogP contribution is 2.20. The van der Waals surface area contributed by atoms with E-state index in [9.17, 15) is 4.79 Å². The van der Waals surface area contributed by atoms with Crippen molar-refractivity contribution < 1.29 is 4.79 Å². The fourth-order valence-electron chi connectivity index (χ4n) is 1.87. The average Bonchev–Trinajstić information content (AvgIpc) is 2.94. The molecule has 5 nitrogen and oxygen atoms in total. The first-order valence-corrected chi connectivity index (χ1v) is 6.88. The number of aromatic nitrogens is 2. The SMILES string of the molecule is CCNc1ccc(Cl)cc1C(=O)NCCc1ncc[nH]1. The Morgan fingerprint density at radius 3 is 3.00 bits per heavy atom. The summed E-state index contributed by atoms with van der Waals surface area (Å²) in [6.07, 6.45) is 4.12. The zero-order valence-corrected chi connectivity index (χ0v) is 12.0. The number of hydrogen-bond acceptors (Lipinski definition) is 3. The molecule has 106 valence electrons. The van der Waals surface area contributed by atoms with E-state index in [1.165, 1.54) is 0 Å². The van der Waals surface area contributed by atoms with Gasteiger partial charge < -0.3 is 15.6 Å². The second-order valence-electron chi connectivity index (χ2n) is 4.26. The standard InChI is InChI=1S/C14H17ClN4O/c1-2-16-12-4-3-10(15)9-11(12)14(20)19-6-5-13-17-7-8-18-13/h3-4,7-9,16H,2,5-6H2,1H3,(H,17,18)(H,19,20). The molecule has 0 unspecified atom stereocenters. The van der Waals surface area contributed by atoms with E-state index in [1.807, 2.05) is 13.0 Å². The van der Waals surface area contributed by atoms with Crippen LogP contribution in [-0.4, -0.2) is 29.0 Å². The van der Waals surface area contributed by atoms with Crippen molar-refractivity contribution in [3.05, 3.63) is 47.0 Å². The van der Waals surface area contributed by atoms with Crippen LogP contribution >= 0.6 is 11.6 Å². The summed E-state index contributed by atoms with van der Waals surface area (Å²) in [6, 6.07) is 5.24. The quantitative estimate of drug-likeness (QED) is 0.766. The Bertz CT molecular complexity index is 569. The summed E-state index contributed by atoms with van der Waals surface area (Å²) >= 11 is 5.95.